The molecule has 1 N–H and O–H groups in total. The number of nitrogens with one attached hydrogen (secondary N) is 1. The Balaban J connectivity index is 2.25. The normalized spacial score (nSPS) is 12.3. The summed E-state index contributed by atoms with van der Waals surface area (Å²) in [7, 11) is 0. The van der Waals surface area contributed by atoms with Crippen LogP contribution in [0.15, 0.2) is 36.4 Å². The van der Waals surface area contributed by atoms with Crippen molar-refractivity contribution in [3.8, 4) is 0 Å². The van der Waals surface area contributed by atoms with Gasteiger partial charge in [0.25, 0.3) is 0 Å². The van der Waals surface area contributed by atoms with Crippen LogP contribution in [-0.4, -0.2) is 0 Å². The van der Waals surface area contributed by atoms with Crippen molar-refractivity contribution in [3.05, 3.63) is 63.7 Å². The van der Waals surface area contributed by atoms with Gasteiger partial charge >= 0.3 is 0 Å². The maximum absolute atomic E-state index is 6.06. The summed E-state index contributed by atoms with van der Waals surface area (Å²) in [5.41, 5.74) is 6.20. The van der Waals surface area contributed by atoms with Crippen LogP contribution in [0, 0.1) is 20.8 Å². The first kappa shape index (κ1) is 14.0. The summed E-state index contributed by atoms with van der Waals surface area (Å²) in [6.45, 7) is 8.53. The third-order valence-electron chi connectivity index (χ3n) is 3.32. The summed E-state index contributed by atoms with van der Waals surface area (Å²) >= 11 is 6.06. The molecule has 0 radical (unpaired) electrons. The van der Waals surface area contributed by atoms with Crippen LogP contribution in [0.3, 0.4) is 0 Å². The predicted octanol–water partition coefficient (Wildman–Crippen LogP) is 5.44. The zero-order chi connectivity index (χ0) is 14.0. The summed E-state index contributed by atoms with van der Waals surface area (Å²) in [6.07, 6.45) is 0. The molecule has 0 bridgehead atoms. The van der Waals surface area contributed by atoms with Crippen molar-refractivity contribution in [2.75, 3.05) is 5.32 Å². The fourth-order valence-electron chi connectivity index (χ4n) is 2.33. The number of halogens is 1. The predicted molar refractivity (Wildman–Crippen MR) is 84.1 cm³/mol. The average molecular weight is 274 g/mol. The fourth-order valence-corrected chi connectivity index (χ4v) is 2.50. The van der Waals surface area contributed by atoms with Gasteiger partial charge in [0.1, 0.15) is 0 Å². The maximum atomic E-state index is 6.06. The first-order valence-electron chi connectivity index (χ1n) is 6.56. The zero-order valence-corrected chi connectivity index (χ0v) is 12.7. The lowest BCUT2D eigenvalue weighted by Gasteiger charge is -2.18. The topological polar surface area (TPSA) is 12.0 Å². The van der Waals surface area contributed by atoms with Crippen molar-refractivity contribution >= 4 is 17.3 Å². The highest BCUT2D eigenvalue weighted by Crippen LogP contribution is 2.26. The van der Waals surface area contributed by atoms with E-state index in [0.29, 0.717) is 0 Å². The van der Waals surface area contributed by atoms with Gasteiger partial charge in [-0.15, -0.1) is 0 Å². The van der Waals surface area contributed by atoms with Crippen molar-refractivity contribution < 1.29 is 0 Å². The minimum absolute atomic E-state index is 0.260. The molecule has 0 spiro atoms. The van der Waals surface area contributed by atoms with Gasteiger partial charge in [0.2, 0.25) is 0 Å². The quantitative estimate of drug-likeness (QED) is 0.785. The second-order valence-corrected chi connectivity index (χ2v) is 5.68. The Labute approximate surface area is 120 Å². The number of hydrogen-bond acceptors (Lipinski definition) is 1. The van der Waals surface area contributed by atoms with E-state index in [1.807, 2.05) is 18.2 Å². The molecule has 0 fully saturated rings. The molecule has 0 saturated heterocycles. The summed E-state index contributed by atoms with van der Waals surface area (Å²) in [4.78, 5) is 0. The lowest BCUT2D eigenvalue weighted by atomic mass is 10.0. The van der Waals surface area contributed by atoms with Crippen molar-refractivity contribution in [3.63, 3.8) is 0 Å². The largest absolute Gasteiger partial charge is 0.378 e. The maximum Gasteiger partial charge on any atom is 0.0485 e. The molecule has 1 unspecified atom stereocenters. The minimum Gasteiger partial charge on any atom is -0.378 e. The number of hydrogen-bond donors (Lipinski definition) is 1. The minimum atomic E-state index is 0.260. The van der Waals surface area contributed by atoms with E-state index in [0.717, 1.165) is 10.7 Å². The fraction of sp³-hybridized carbons (Fsp3) is 0.294. The van der Waals surface area contributed by atoms with Crippen LogP contribution in [0.25, 0.3) is 0 Å². The molecule has 2 rings (SSSR count). The van der Waals surface area contributed by atoms with Crippen LogP contribution in [0.2, 0.25) is 5.02 Å². The van der Waals surface area contributed by atoms with Gasteiger partial charge in [-0.3, -0.25) is 0 Å². The highest BCUT2D eigenvalue weighted by atomic mass is 35.5. The van der Waals surface area contributed by atoms with E-state index in [4.69, 9.17) is 11.6 Å². The van der Waals surface area contributed by atoms with Gasteiger partial charge in [-0.05, 0) is 51.0 Å². The van der Waals surface area contributed by atoms with Crippen LogP contribution in [0.1, 0.15) is 35.2 Å². The Bertz CT molecular complexity index is 570. The molecule has 1 nitrogen and oxygen atoms in total. The average Bonchev–Trinajstić information content (AvgIpc) is 2.32. The van der Waals surface area contributed by atoms with E-state index >= 15 is 0 Å². The van der Waals surface area contributed by atoms with E-state index in [1.54, 1.807) is 0 Å². The number of anilines is 1. The van der Waals surface area contributed by atoms with Gasteiger partial charge in [-0.25, -0.2) is 0 Å². The first-order chi connectivity index (χ1) is 8.95. The summed E-state index contributed by atoms with van der Waals surface area (Å²) in [5, 5.41) is 4.30. The van der Waals surface area contributed by atoms with Crippen LogP contribution in [-0.2, 0) is 0 Å². The molecule has 0 aliphatic carbocycles. The molecule has 0 amide bonds. The second kappa shape index (κ2) is 5.66. The number of benzene rings is 2. The Morgan fingerprint density at radius 1 is 0.947 bits per heavy atom. The Morgan fingerprint density at radius 3 is 2.21 bits per heavy atom. The Hall–Kier alpha value is -1.47. The van der Waals surface area contributed by atoms with Crippen LogP contribution >= 0.6 is 11.6 Å². The molecule has 0 saturated carbocycles. The van der Waals surface area contributed by atoms with Crippen molar-refractivity contribution in [2.45, 2.75) is 33.7 Å². The Kier molecular flexibility index (Phi) is 4.16. The molecule has 1 atom stereocenters. The molecule has 19 heavy (non-hydrogen) atoms. The molecule has 0 heterocycles. The molecule has 2 heteroatoms. The van der Waals surface area contributed by atoms with Crippen molar-refractivity contribution in [2.24, 2.45) is 0 Å². The smallest absolute Gasteiger partial charge is 0.0485 e. The lowest BCUT2D eigenvalue weighted by molar-refractivity contribution is 0.878. The highest BCUT2D eigenvalue weighted by molar-refractivity contribution is 6.30. The third kappa shape index (κ3) is 3.51. The van der Waals surface area contributed by atoms with E-state index < -0.39 is 0 Å². The third-order valence-corrected chi connectivity index (χ3v) is 3.55. The molecular weight excluding hydrogens is 254 g/mol. The summed E-state index contributed by atoms with van der Waals surface area (Å²) < 4.78 is 0. The van der Waals surface area contributed by atoms with Crippen LogP contribution in [0.5, 0.6) is 0 Å². The standard InChI is InChI=1S/C17H20ClN/c1-11-7-12(2)9-15(8-11)14(4)19-17-10-16(18)6-5-13(17)3/h5-10,14,19H,1-4H3. The molecule has 0 aliphatic heterocycles. The van der Waals surface area contributed by atoms with Crippen molar-refractivity contribution in [1.29, 1.82) is 0 Å². The zero-order valence-electron chi connectivity index (χ0n) is 11.9. The van der Waals surface area contributed by atoms with Gasteiger partial charge in [0.15, 0.2) is 0 Å². The summed E-state index contributed by atoms with van der Waals surface area (Å²) in [5.74, 6) is 0. The Morgan fingerprint density at radius 2 is 1.58 bits per heavy atom. The van der Waals surface area contributed by atoms with Gasteiger partial charge in [-0.2, -0.15) is 0 Å². The lowest BCUT2D eigenvalue weighted by Crippen LogP contribution is -2.08. The van der Waals surface area contributed by atoms with Gasteiger partial charge in [0, 0.05) is 16.8 Å². The molecule has 100 valence electrons. The molecule has 2 aromatic rings. The molecule has 0 aliphatic rings. The monoisotopic (exact) mass is 273 g/mol. The first-order valence-corrected chi connectivity index (χ1v) is 6.94. The highest BCUT2D eigenvalue weighted by Gasteiger charge is 2.08. The molecule has 0 aromatic heterocycles. The number of aryl methyl sites for hydroxylation is 3. The van der Waals surface area contributed by atoms with Gasteiger partial charge in [0.05, 0.1) is 0 Å². The number of rotatable bonds is 3. The van der Waals surface area contributed by atoms with Crippen molar-refractivity contribution in [1.82, 2.24) is 0 Å². The van der Waals surface area contributed by atoms with E-state index in [-0.39, 0.29) is 6.04 Å². The van der Waals surface area contributed by atoms with E-state index in [2.05, 4.69) is 51.2 Å². The van der Waals surface area contributed by atoms with Crippen LogP contribution in [0.4, 0.5) is 5.69 Å². The SMILES string of the molecule is Cc1cc(C)cc(C(C)Nc2cc(Cl)ccc2C)c1. The van der Waals surface area contributed by atoms with Gasteiger partial charge in [-0.1, -0.05) is 47.0 Å². The molecular formula is C17H20ClN. The van der Waals surface area contributed by atoms with Crippen LogP contribution < -0.4 is 5.32 Å². The summed E-state index contributed by atoms with van der Waals surface area (Å²) in [6, 6.07) is 12.9. The molecule has 2 aromatic carbocycles. The second-order valence-electron chi connectivity index (χ2n) is 5.25. The van der Waals surface area contributed by atoms with E-state index in [9.17, 15) is 0 Å². The van der Waals surface area contributed by atoms with E-state index in [1.165, 1.54) is 22.3 Å². The van der Waals surface area contributed by atoms with Gasteiger partial charge < -0.3 is 5.32 Å².